The van der Waals surface area contributed by atoms with E-state index in [1.165, 1.54) is 12.1 Å². The van der Waals surface area contributed by atoms with E-state index in [2.05, 4.69) is 0 Å². The van der Waals surface area contributed by atoms with Gasteiger partial charge >= 0.3 is 0 Å². The van der Waals surface area contributed by atoms with Crippen LogP contribution in [0.15, 0.2) is 30.3 Å². The lowest BCUT2D eigenvalue weighted by molar-refractivity contribution is 0.343. The van der Waals surface area contributed by atoms with Gasteiger partial charge in [0.25, 0.3) is 7.37 Å². The van der Waals surface area contributed by atoms with Crippen LogP contribution in [-0.4, -0.2) is 6.61 Å². The second-order valence-corrected chi connectivity index (χ2v) is 5.70. The number of benzene rings is 1. The predicted molar refractivity (Wildman–Crippen MR) is 60.1 cm³/mol. The smallest absolute Gasteiger partial charge is 0.261 e. The summed E-state index contributed by atoms with van der Waals surface area (Å²) in [5.41, 5.74) is 0. The van der Waals surface area contributed by atoms with Crippen molar-refractivity contribution in [2.75, 3.05) is 6.61 Å². The van der Waals surface area contributed by atoms with E-state index in [9.17, 15) is 4.57 Å². The maximum absolute atomic E-state index is 12.4. The summed E-state index contributed by atoms with van der Waals surface area (Å²) in [5, 5.41) is 1.05. The number of halogens is 1. The fourth-order valence-electron chi connectivity index (χ4n) is 1.40. The summed E-state index contributed by atoms with van der Waals surface area (Å²) in [6.07, 6.45) is 1.40. The van der Waals surface area contributed by atoms with E-state index in [1.807, 2.05) is 0 Å². The molecule has 0 N–H and O–H groups in total. The Kier molecular flexibility index (Phi) is 2.87. The largest absolute Gasteiger partial charge is 0.464 e. The number of fused-ring (bicyclic) bond motifs is 1. The number of rotatable bonds is 2. The molecule has 0 aromatic heterocycles. The van der Waals surface area contributed by atoms with Crippen molar-refractivity contribution in [2.24, 2.45) is 0 Å². The number of hydrogen-bond acceptors (Lipinski definition) is 3. The van der Waals surface area contributed by atoms with Gasteiger partial charge in [0.2, 0.25) is 0 Å². The quantitative estimate of drug-likeness (QED) is 0.750. The van der Waals surface area contributed by atoms with Gasteiger partial charge in [-0.3, -0.25) is 4.57 Å². The van der Waals surface area contributed by atoms with Crippen molar-refractivity contribution in [3.8, 4) is 5.75 Å². The fraction of sp³-hybridized carbons (Fsp3) is 0.200. The standard InChI is InChI=1S/C10H10ClO3P/c1-2-14-15(12)6-5-13-9-4-3-8(11)7-10(9)15/h3-7H,2H2,1H3. The molecular weight excluding hydrogens is 235 g/mol. The van der Waals surface area contributed by atoms with Crippen molar-refractivity contribution in [1.82, 2.24) is 0 Å². The first-order valence-corrected chi connectivity index (χ1v) is 6.61. The molecule has 0 saturated heterocycles. The number of ether oxygens (including phenoxy) is 1. The lowest BCUT2D eigenvalue weighted by Gasteiger charge is -2.20. The molecule has 1 aromatic rings. The van der Waals surface area contributed by atoms with Gasteiger partial charge in [0, 0.05) is 10.8 Å². The van der Waals surface area contributed by atoms with E-state index in [-0.39, 0.29) is 0 Å². The second kappa shape index (κ2) is 4.01. The molecule has 0 fully saturated rings. The van der Waals surface area contributed by atoms with Gasteiger partial charge in [-0.05, 0) is 25.1 Å². The molecule has 1 aromatic carbocycles. The average molecular weight is 245 g/mol. The van der Waals surface area contributed by atoms with Crippen molar-refractivity contribution >= 4 is 24.3 Å². The molecule has 1 aliphatic heterocycles. The molecule has 3 nitrogen and oxygen atoms in total. The third-order valence-electron chi connectivity index (χ3n) is 2.03. The molecule has 2 rings (SSSR count). The van der Waals surface area contributed by atoms with Crippen LogP contribution in [0.5, 0.6) is 5.75 Å². The molecule has 0 saturated carbocycles. The topological polar surface area (TPSA) is 35.5 Å². The fourth-order valence-corrected chi connectivity index (χ4v) is 3.39. The molecule has 1 unspecified atom stereocenters. The molecule has 0 aliphatic carbocycles. The maximum atomic E-state index is 12.4. The minimum absolute atomic E-state index is 0.383. The lowest BCUT2D eigenvalue weighted by atomic mass is 10.3. The van der Waals surface area contributed by atoms with Gasteiger partial charge in [-0.2, -0.15) is 0 Å². The Morgan fingerprint density at radius 1 is 1.53 bits per heavy atom. The van der Waals surface area contributed by atoms with E-state index in [0.29, 0.717) is 22.7 Å². The highest BCUT2D eigenvalue weighted by atomic mass is 35.5. The van der Waals surface area contributed by atoms with Gasteiger partial charge < -0.3 is 9.26 Å². The van der Waals surface area contributed by atoms with Crippen molar-refractivity contribution < 1.29 is 13.8 Å². The molecule has 15 heavy (non-hydrogen) atoms. The Morgan fingerprint density at radius 2 is 2.33 bits per heavy atom. The zero-order chi connectivity index (χ0) is 10.9. The summed E-state index contributed by atoms with van der Waals surface area (Å²) in [4.78, 5) is 0. The van der Waals surface area contributed by atoms with Gasteiger partial charge in [0.15, 0.2) is 0 Å². The third kappa shape index (κ3) is 1.96. The van der Waals surface area contributed by atoms with Gasteiger partial charge in [-0.15, -0.1) is 0 Å². The van der Waals surface area contributed by atoms with Crippen molar-refractivity contribution in [3.63, 3.8) is 0 Å². The average Bonchev–Trinajstić information content (AvgIpc) is 2.20. The SMILES string of the molecule is CCOP1(=O)C=COc2ccc(Cl)cc21. The Balaban J connectivity index is 2.54. The van der Waals surface area contributed by atoms with Crippen LogP contribution in [0.25, 0.3) is 0 Å². The Morgan fingerprint density at radius 3 is 3.07 bits per heavy atom. The summed E-state index contributed by atoms with van der Waals surface area (Å²) < 4.78 is 22.9. The first-order chi connectivity index (χ1) is 7.15. The van der Waals surface area contributed by atoms with E-state index >= 15 is 0 Å². The van der Waals surface area contributed by atoms with E-state index < -0.39 is 7.37 Å². The summed E-state index contributed by atoms with van der Waals surface area (Å²) in [7, 11) is -2.92. The van der Waals surface area contributed by atoms with Gasteiger partial charge in [-0.1, -0.05) is 11.6 Å². The highest BCUT2D eigenvalue weighted by Gasteiger charge is 2.29. The van der Waals surface area contributed by atoms with Gasteiger partial charge in [0.1, 0.15) is 5.75 Å². The van der Waals surface area contributed by atoms with Crippen LogP contribution in [0, 0.1) is 0 Å². The molecule has 1 atom stereocenters. The summed E-state index contributed by atoms with van der Waals surface area (Å²) in [5.74, 6) is 1.99. The first kappa shape index (κ1) is 10.7. The third-order valence-corrected chi connectivity index (χ3v) is 4.44. The highest BCUT2D eigenvalue weighted by molar-refractivity contribution is 7.70. The van der Waals surface area contributed by atoms with Gasteiger partial charge in [-0.25, -0.2) is 0 Å². The van der Waals surface area contributed by atoms with Crippen LogP contribution < -0.4 is 10.0 Å². The van der Waals surface area contributed by atoms with Gasteiger partial charge in [0.05, 0.1) is 18.2 Å². The Hall–Kier alpha value is -0.760. The molecule has 1 aliphatic rings. The Bertz CT molecular complexity index is 456. The minimum Gasteiger partial charge on any atom is -0.464 e. The summed E-state index contributed by atoms with van der Waals surface area (Å²) in [6, 6.07) is 5.00. The molecule has 0 spiro atoms. The van der Waals surface area contributed by atoms with E-state index in [0.717, 1.165) is 0 Å². The molecule has 0 bridgehead atoms. The second-order valence-electron chi connectivity index (χ2n) is 3.03. The minimum atomic E-state index is -2.92. The monoisotopic (exact) mass is 244 g/mol. The lowest BCUT2D eigenvalue weighted by Crippen LogP contribution is -2.13. The van der Waals surface area contributed by atoms with Crippen LogP contribution in [0.4, 0.5) is 0 Å². The normalized spacial score (nSPS) is 23.3. The summed E-state index contributed by atoms with van der Waals surface area (Å²) in [6.45, 7) is 2.18. The van der Waals surface area contributed by atoms with Crippen molar-refractivity contribution in [2.45, 2.75) is 6.92 Å². The zero-order valence-electron chi connectivity index (χ0n) is 8.14. The molecule has 1 heterocycles. The molecule has 5 heteroatoms. The Labute approximate surface area is 93.1 Å². The summed E-state index contributed by atoms with van der Waals surface area (Å²) >= 11 is 5.85. The van der Waals surface area contributed by atoms with E-state index in [1.54, 1.807) is 25.1 Å². The molecular formula is C10H10ClO3P. The molecule has 0 radical (unpaired) electrons. The van der Waals surface area contributed by atoms with Crippen LogP contribution in [0.2, 0.25) is 5.02 Å². The first-order valence-electron chi connectivity index (χ1n) is 4.54. The van der Waals surface area contributed by atoms with Crippen LogP contribution in [0.1, 0.15) is 6.92 Å². The van der Waals surface area contributed by atoms with Crippen LogP contribution >= 0.6 is 19.0 Å². The number of hydrogen-bond donors (Lipinski definition) is 0. The zero-order valence-corrected chi connectivity index (χ0v) is 9.79. The van der Waals surface area contributed by atoms with Crippen molar-refractivity contribution in [3.05, 3.63) is 35.3 Å². The van der Waals surface area contributed by atoms with E-state index in [4.69, 9.17) is 20.9 Å². The van der Waals surface area contributed by atoms with Crippen LogP contribution in [-0.2, 0) is 9.09 Å². The molecule has 80 valence electrons. The highest BCUT2D eigenvalue weighted by Crippen LogP contribution is 2.51. The molecule has 0 amide bonds. The van der Waals surface area contributed by atoms with Crippen molar-refractivity contribution in [1.29, 1.82) is 0 Å². The predicted octanol–water partition coefficient (Wildman–Crippen LogP) is 3.14. The van der Waals surface area contributed by atoms with Crippen LogP contribution in [0.3, 0.4) is 0 Å². The maximum Gasteiger partial charge on any atom is 0.261 e.